The highest BCUT2D eigenvalue weighted by Gasteiger charge is 2.05. The van der Waals surface area contributed by atoms with E-state index in [0.717, 1.165) is 28.1 Å². The molecular weight excluding hydrogens is 253 g/mol. The fourth-order valence-electron chi connectivity index (χ4n) is 1.65. The van der Waals surface area contributed by atoms with E-state index in [0.29, 0.717) is 6.04 Å². The highest BCUT2D eigenvalue weighted by Crippen LogP contribution is 2.20. The molecule has 1 aromatic carbocycles. The van der Waals surface area contributed by atoms with Crippen LogP contribution in [0, 0.1) is 5.92 Å². The van der Waals surface area contributed by atoms with E-state index < -0.39 is 0 Å². The molecule has 0 amide bonds. The molecule has 0 aliphatic rings. The number of nitrogens with one attached hydrogen (secondary N) is 1. The van der Waals surface area contributed by atoms with Crippen molar-refractivity contribution in [2.24, 2.45) is 5.92 Å². The van der Waals surface area contributed by atoms with Crippen molar-refractivity contribution in [2.75, 3.05) is 0 Å². The standard InChI is InChI=1S/C14H21Cl2N/c1-10(2)4-5-11(3)17-9-12-8-13(15)6-7-14(12)16/h6-8,10-11,17H,4-5,9H2,1-3H3. The van der Waals surface area contributed by atoms with Gasteiger partial charge in [-0.05, 0) is 49.4 Å². The van der Waals surface area contributed by atoms with E-state index in [1.54, 1.807) is 0 Å². The zero-order valence-electron chi connectivity index (χ0n) is 10.8. The van der Waals surface area contributed by atoms with Gasteiger partial charge in [0.2, 0.25) is 0 Å². The first-order valence-corrected chi connectivity index (χ1v) is 6.92. The van der Waals surface area contributed by atoms with Gasteiger partial charge in [0.15, 0.2) is 0 Å². The lowest BCUT2D eigenvalue weighted by molar-refractivity contribution is 0.451. The van der Waals surface area contributed by atoms with Crippen LogP contribution in [-0.2, 0) is 6.54 Å². The minimum Gasteiger partial charge on any atom is -0.310 e. The van der Waals surface area contributed by atoms with Crippen molar-refractivity contribution in [1.29, 1.82) is 0 Å². The molecule has 3 heteroatoms. The highest BCUT2D eigenvalue weighted by molar-refractivity contribution is 6.33. The minimum absolute atomic E-state index is 0.507. The van der Waals surface area contributed by atoms with Gasteiger partial charge in [0, 0.05) is 22.6 Å². The summed E-state index contributed by atoms with van der Waals surface area (Å²) >= 11 is 12.1. The number of hydrogen-bond acceptors (Lipinski definition) is 1. The Bertz CT molecular complexity index is 350. The van der Waals surface area contributed by atoms with Gasteiger partial charge in [0.05, 0.1) is 0 Å². The maximum atomic E-state index is 6.11. The number of benzene rings is 1. The van der Waals surface area contributed by atoms with Gasteiger partial charge in [-0.2, -0.15) is 0 Å². The molecule has 0 aliphatic carbocycles. The van der Waals surface area contributed by atoms with Gasteiger partial charge in [-0.25, -0.2) is 0 Å². The first kappa shape index (κ1) is 14.8. The fraction of sp³-hybridized carbons (Fsp3) is 0.571. The van der Waals surface area contributed by atoms with Crippen LogP contribution < -0.4 is 5.32 Å². The van der Waals surface area contributed by atoms with Crippen molar-refractivity contribution in [2.45, 2.75) is 46.2 Å². The van der Waals surface area contributed by atoms with Crippen LogP contribution in [0.4, 0.5) is 0 Å². The van der Waals surface area contributed by atoms with E-state index in [9.17, 15) is 0 Å². The fourth-order valence-corrected chi connectivity index (χ4v) is 2.03. The van der Waals surface area contributed by atoms with Crippen molar-refractivity contribution in [3.8, 4) is 0 Å². The minimum atomic E-state index is 0.507. The van der Waals surface area contributed by atoms with Crippen molar-refractivity contribution >= 4 is 23.2 Å². The van der Waals surface area contributed by atoms with Crippen LogP contribution in [-0.4, -0.2) is 6.04 Å². The van der Waals surface area contributed by atoms with E-state index in [1.807, 2.05) is 18.2 Å². The van der Waals surface area contributed by atoms with E-state index in [1.165, 1.54) is 12.8 Å². The van der Waals surface area contributed by atoms with Crippen LogP contribution in [0.2, 0.25) is 10.0 Å². The Kier molecular flexibility index (Phi) is 6.32. The summed E-state index contributed by atoms with van der Waals surface area (Å²) in [6.45, 7) is 7.49. The van der Waals surface area contributed by atoms with E-state index in [2.05, 4.69) is 26.1 Å². The average molecular weight is 274 g/mol. The molecule has 0 bridgehead atoms. The average Bonchev–Trinajstić information content (AvgIpc) is 2.27. The second kappa shape index (κ2) is 7.25. The molecule has 1 N–H and O–H groups in total. The topological polar surface area (TPSA) is 12.0 Å². The normalized spacial score (nSPS) is 13.1. The molecule has 0 spiro atoms. The van der Waals surface area contributed by atoms with E-state index in [4.69, 9.17) is 23.2 Å². The van der Waals surface area contributed by atoms with E-state index in [-0.39, 0.29) is 0 Å². The summed E-state index contributed by atoms with van der Waals surface area (Å²) in [5, 5.41) is 4.99. The van der Waals surface area contributed by atoms with Crippen LogP contribution in [0.1, 0.15) is 39.2 Å². The molecule has 0 fully saturated rings. The third-order valence-electron chi connectivity index (χ3n) is 2.83. The lowest BCUT2D eigenvalue weighted by atomic mass is 10.0. The Morgan fingerprint density at radius 3 is 2.47 bits per heavy atom. The molecular formula is C14H21Cl2N. The third kappa shape index (κ3) is 5.76. The van der Waals surface area contributed by atoms with Crippen LogP contribution in [0.3, 0.4) is 0 Å². The zero-order chi connectivity index (χ0) is 12.8. The van der Waals surface area contributed by atoms with Gasteiger partial charge in [0.1, 0.15) is 0 Å². The lowest BCUT2D eigenvalue weighted by Gasteiger charge is -2.15. The van der Waals surface area contributed by atoms with E-state index >= 15 is 0 Å². The predicted molar refractivity (Wildman–Crippen MR) is 76.8 cm³/mol. The van der Waals surface area contributed by atoms with Gasteiger partial charge >= 0.3 is 0 Å². The molecule has 0 saturated heterocycles. The first-order valence-electron chi connectivity index (χ1n) is 6.16. The van der Waals surface area contributed by atoms with Gasteiger partial charge in [-0.3, -0.25) is 0 Å². The summed E-state index contributed by atoms with van der Waals surface area (Å²) in [6, 6.07) is 6.09. The molecule has 0 saturated carbocycles. The number of halogens is 2. The molecule has 96 valence electrons. The summed E-state index contributed by atoms with van der Waals surface area (Å²) in [4.78, 5) is 0. The lowest BCUT2D eigenvalue weighted by Crippen LogP contribution is -2.25. The Labute approximate surface area is 115 Å². The Morgan fingerprint density at radius 1 is 1.12 bits per heavy atom. The molecule has 0 aromatic heterocycles. The Balaban J connectivity index is 2.41. The third-order valence-corrected chi connectivity index (χ3v) is 3.43. The monoisotopic (exact) mass is 273 g/mol. The van der Waals surface area contributed by atoms with Crippen LogP contribution in [0.5, 0.6) is 0 Å². The molecule has 1 atom stereocenters. The molecule has 1 unspecified atom stereocenters. The van der Waals surface area contributed by atoms with Gasteiger partial charge < -0.3 is 5.32 Å². The summed E-state index contributed by atoms with van der Waals surface area (Å²) < 4.78 is 0. The summed E-state index contributed by atoms with van der Waals surface area (Å²) in [5.74, 6) is 0.758. The Morgan fingerprint density at radius 2 is 1.82 bits per heavy atom. The van der Waals surface area contributed by atoms with Crippen LogP contribution >= 0.6 is 23.2 Å². The maximum absolute atomic E-state index is 6.11. The molecule has 1 aromatic rings. The molecule has 1 nitrogen and oxygen atoms in total. The maximum Gasteiger partial charge on any atom is 0.0451 e. The molecule has 0 heterocycles. The second-order valence-corrected chi connectivity index (χ2v) is 5.83. The second-order valence-electron chi connectivity index (χ2n) is 4.99. The van der Waals surface area contributed by atoms with Crippen LogP contribution in [0.15, 0.2) is 18.2 Å². The zero-order valence-corrected chi connectivity index (χ0v) is 12.3. The summed E-state index contributed by atoms with van der Waals surface area (Å²) in [6.07, 6.45) is 2.44. The highest BCUT2D eigenvalue weighted by atomic mass is 35.5. The quantitative estimate of drug-likeness (QED) is 0.777. The van der Waals surface area contributed by atoms with Crippen LogP contribution in [0.25, 0.3) is 0 Å². The van der Waals surface area contributed by atoms with Gasteiger partial charge in [-0.1, -0.05) is 37.0 Å². The van der Waals surface area contributed by atoms with Crippen molar-refractivity contribution in [3.05, 3.63) is 33.8 Å². The van der Waals surface area contributed by atoms with Crippen molar-refractivity contribution in [1.82, 2.24) is 5.32 Å². The van der Waals surface area contributed by atoms with Gasteiger partial charge in [-0.15, -0.1) is 0 Å². The molecule has 0 radical (unpaired) electrons. The number of rotatable bonds is 6. The van der Waals surface area contributed by atoms with Crippen molar-refractivity contribution < 1.29 is 0 Å². The summed E-state index contributed by atoms with van der Waals surface area (Å²) in [5.41, 5.74) is 1.07. The molecule has 17 heavy (non-hydrogen) atoms. The SMILES string of the molecule is CC(C)CCC(C)NCc1cc(Cl)ccc1Cl. The number of hydrogen-bond donors (Lipinski definition) is 1. The first-order chi connectivity index (χ1) is 7.99. The van der Waals surface area contributed by atoms with Crippen molar-refractivity contribution in [3.63, 3.8) is 0 Å². The largest absolute Gasteiger partial charge is 0.310 e. The summed E-state index contributed by atoms with van der Waals surface area (Å²) in [7, 11) is 0. The Hall–Kier alpha value is -0.240. The molecule has 0 aliphatic heterocycles. The predicted octanol–water partition coefficient (Wildman–Crippen LogP) is 4.91. The van der Waals surface area contributed by atoms with Gasteiger partial charge in [0.25, 0.3) is 0 Å². The smallest absolute Gasteiger partial charge is 0.0451 e. The molecule has 1 rings (SSSR count).